The summed E-state index contributed by atoms with van der Waals surface area (Å²) in [6, 6.07) is 12.6. The Balaban J connectivity index is 1.18. The summed E-state index contributed by atoms with van der Waals surface area (Å²) in [5, 5.41) is 1.63. The number of hydrogen-bond acceptors (Lipinski definition) is 7. The van der Waals surface area contributed by atoms with Crippen LogP contribution >= 0.6 is 11.8 Å². The van der Waals surface area contributed by atoms with Gasteiger partial charge in [0.25, 0.3) is 11.1 Å². The quantitative estimate of drug-likeness (QED) is 0.479. The highest BCUT2D eigenvalue weighted by atomic mass is 32.2. The monoisotopic (exact) mass is 441 g/mol. The molecule has 0 aliphatic carbocycles. The van der Waals surface area contributed by atoms with E-state index >= 15 is 0 Å². The van der Waals surface area contributed by atoms with E-state index in [1.165, 1.54) is 0 Å². The molecule has 2 aromatic rings. The maximum atomic E-state index is 12.6. The van der Waals surface area contributed by atoms with Gasteiger partial charge in [-0.25, -0.2) is 0 Å². The molecule has 0 spiro atoms. The van der Waals surface area contributed by atoms with Crippen molar-refractivity contribution in [1.29, 1.82) is 0 Å². The summed E-state index contributed by atoms with van der Waals surface area (Å²) in [5.74, 6) is 1.01. The highest BCUT2D eigenvalue weighted by molar-refractivity contribution is 8.15. The van der Waals surface area contributed by atoms with E-state index in [2.05, 4.69) is 5.32 Å². The van der Waals surface area contributed by atoms with Gasteiger partial charge in [0.1, 0.15) is 11.5 Å². The number of imide groups is 1. The standard InChI is InChI=1S/C22H23N3O5S/c23-15-5-8-18-17(12-15)21(27)25(13-30-18)9-1-2-10-29-16-6-3-14(4-7-16)11-19-20(26)24-22(28)31-19/h3-8,12,19H,1-2,9-11,13,23H2,(H,24,26,28). The maximum Gasteiger partial charge on any atom is 0.286 e. The van der Waals surface area contributed by atoms with Gasteiger partial charge in [0, 0.05) is 12.2 Å². The first kappa shape index (κ1) is 21.0. The summed E-state index contributed by atoms with van der Waals surface area (Å²) in [5.41, 5.74) is 7.78. The summed E-state index contributed by atoms with van der Waals surface area (Å²) in [6.45, 7) is 1.34. The number of nitrogens with two attached hydrogens (primary N) is 1. The largest absolute Gasteiger partial charge is 0.494 e. The van der Waals surface area contributed by atoms with E-state index in [1.54, 1.807) is 23.1 Å². The van der Waals surface area contributed by atoms with E-state index in [1.807, 2.05) is 24.3 Å². The van der Waals surface area contributed by atoms with Gasteiger partial charge < -0.3 is 20.1 Å². The van der Waals surface area contributed by atoms with E-state index in [-0.39, 0.29) is 29.0 Å². The topological polar surface area (TPSA) is 111 Å². The molecule has 1 fully saturated rings. The molecule has 3 N–H and O–H groups in total. The van der Waals surface area contributed by atoms with Crippen molar-refractivity contribution in [3.8, 4) is 11.5 Å². The van der Waals surface area contributed by atoms with E-state index in [9.17, 15) is 14.4 Å². The molecule has 1 unspecified atom stereocenters. The number of benzene rings is 2. The molecule has 2 heterocycles. The van der Waals surface area contributed by atoms with Gasteiger partial charge in [0.15, 0.2) is 6.73 Å². The van der Waals surface area contributed by atoms with Crippen LogP contribution in [0, 0.1) is 0 Å². The van der Waals surface area contributed by atoms with Crippen molar-refractivity contribution in [2.24, 2.45) is 0 Å². The van der Waals surface area contributed by atoms with Crippen molar-refractivity contribution in [2.45, 2.75) is 24.5 Å². The van der Waals surface area contributed by atoms with Gasteiger partial charge in [0.05, 0.1) is 17.4 Å². The molecule has 9 heteroatoms. The lowest BCUT2D eigenvalue weighted by atomic mass is 10.1. The van der Waals surface area contributed by atoms with Crippen LogP contribution in [0.25, 0.3) is 0 Å². The molecule has 162 valence electrons. The van der Waals surface area contributed by atoms with Crippen molar-refractivity contribution in [1.82, 2.24) is 10.2 Å². The molecule has 2 aliphatic rings. The highest BCUT2D eigenvalue weighted by Crippen LogP contribution is 2.27. The average Bonchev–Trinajstić information content (AvgIpc) is 3.07. The Labute approximate surface area is 184 Å². The van der Waals surface area contributed by atoms with Gasteiger partial charge in [-0.05, 0) is 55.2 Å². The average molecular weight is 442 g/mol. The van der Waals surface area contributed by atoms with Crippen molar-refractivity contribution >= 4 is 34.5 Å². The fourth-order valence-corrected chi connectivity index (χ4v) is 4.30. The predicted octanol–water partition coefficient (Wildman–Crippen LogP) is 2.81. The normalized spacial score (nSPS) is 17.9. The molecule has 0 bridgehead atoms. The zero-order valence-electron chi connectivity index (χ0n) is 16.8. The third-order valence-electron chi connectivity index (χ3n) is 5.10. The van der Waals surface area contributed by atoms with E-state index in [0.29, 0.717) is 36.6 Å². The summed E-state index contributed by atoms with van der Waals surface area (Å²) in [6.07, 6.45) is 2.08. The van der Waals surface area contributed by atoms with Crippen LogP contribution in [0.5, 0.6) is 11.5 Å². The number of nitrogens with one attached hydrogen (secondary N) is 1. The van der Waals surface area contributed by atoms with E-state index in [0.717, 1.165) is 35.9 Å². The van der Waals surface area contributed by atoms with Gasteiger partial charge in [-0.1, -0.05) is 23.9 Å². The number of amides is 3. The number of nitrogens with zero attached hydrogens (tertiary/aromatic N) is 1. The van der Waals surface area contributed by atoms with Gasteiger partial charge in [-0.15, -0.1) is 0 Å². The summed E-state index contributed by atoms with van der Waals surface area (Å²) in [7, 11) is 0. The Morgan fingerprint density at radius 3 is 2.68 bits per heavy atom. The Kier molecular flexibility index (Phi) is 6.31. The zero-order valence-corrected chi connectivity index (χ0v) is 17.7. The summed E-state index contributed by atoms with van der Waals surface area (Å²) < 4.78 is 11.4. The number of fused-ring (bicyclic) bond motifs is 1. The fourth-order valence-electron chi connectivity index (χ4n) is 3.44. The van der Waals surface area contributed by atoms with Crippen LogP contribution < -0.4 is 20.5 Å². The lowest BCUT2D eigenvalue weighted by Gasteiger charge is -2.28. The molecule has 0 aromatic heterocycles. The van der Waals surface area contributed by atoms with Crippen LogP contribution in [0.3, 0.4) is 0 Å². The lowest BCUT2D eigenvalue weighted by molar-refractivity contribution is -0.118. The number of hydrogen-bond donors (Lipinski definition) is 2. The second-order valence-electron chi connectivity index (χ2n) is 7.38. The Bertz CT molecular complexity index is 995. The number of ether oxygens (including phenoxy) is 2. The van der Waals surface area contributed by atoms with Gasteiger partial charge in [-0.3, -0.25) is 19.7 Å². The molecule has 3 amide bonds. The van der Waals surface area contributed by atoms with Crippen molar-refractivity contribution in [2.75, 3.05) is 25.6 Å². The second-order valence-corrected chi connectivity index (χ2v) is 8.56. The minimum absolute atomic E-state index is 0.0686. The van der Waals surface area contributed by atoms with Crippen LogP contribution in [-0.2, 0) is 11.2 Å². The number of carbonyl (C=O) groups excluding carboxylic acids is 3. The van der Waals surface area contributed by atoms with E-state index < -0.39 is 0 Å². The van der Waals surface area contributed by atoms with E-state index in [4.69, 9.17) is 15.2 Å². The molecule has 31 heavy (non-hydrogen) atoms. The Morgan fingerprint density at radius 1 is 1.13 bits per heavy atom. The Morgan fingerprint density at radius 2 is 1.94 bits per heavy atom. The molecular weight excluding hydrogens is 418 g/mol. The van der Waals surface area contributed by atoms with Crippen molar-refractivity contribution in [3.63, 3.8) is 0 Å². The number of nitrogen functional groups attached to an aromatic ring is 1. The lowest BCUT2D eigenvalue weighted by Crippen LogP contribution is -2.39. The third-order valence-corrected chi connectivity index (χ3v) is 6.08. The molecule has 2 aromatic carbocycles. The van der Waals surface area contributed by atoms with Crippen molar-refractivity contribution < 1.29 is 23.9 Å². The SMILES string of the molecule is Nc1ccc2c(c1)C(=O)N(CCCCOc1ccc(CC3SC(=O)NC3=O)cc1)CO2. The first-order valence-corrected chi connectivity index (χ1v) is 10.9. The number of anilines is 1. The molecule has 0 radical (unpaired) electrons. The highest BCUT2D eigenvalue weighted by Gasteiger charge is 2.31. The fraction of sp³-hybridized carbons (Fsp3) is 0.318. The summed E-state index contributed by atoms with van der Waals surface area (Å²) in [4.78, 5) is 37.1. The first-order valence-electron chi connectivity index (χ1n) is 10.0. The molecule has 2 aliphatic heterocycles. The molecule has 8 nitrogen and oxygen atoms in total. The molecule has 1 atom stereocenters. The van der Waals surface area contributed by atoms with Crippen molar-refractivity contribution in [3.05, 3.63) is 53.6 Å². The van der Waals surface area contributed by atoms with Crippen LogP contribution in [0.2, 0.25) is 0 Å². The molecular formula is C22H23N3O5S. The first-order chi connectivity index (χ1) is 15.0. The Hall–Kier alpha value is -3.20. The second kappa shape index (κ2) is 9.30. The van der Waals surface area contributed by atoms with Crippen LogP contribution in [0.4, 0.5) is 10.5 Å². The number of carbonyl (C=O) groups is 3. The summed E-state index contributed by atoms with van der Waals surface area (Å²) >= 11 is 1.03. The van der Waals surface area contributed by atoms with Gasteiger partial charge in [0.2, 0.25) is 5.91 Å². The zero-order chi connectivity index (χ0) is 21.8. The van der Waals surface area contributed by atoms with Gasteiger partial charge in [-0.2, -0.15) is 0 Å². The number of unbranched alkanes of at least 4 members (excludes halogenated alkanes) is 1. The number of rotatable bonds is 8. The molecule has 0 saturated carbocycles. The minimum atomic E-state index is -0.371. The third kappa shape index (κ3) is 5.11. The maximum absolute atomic E-state index is 12.6. The van der Waals surface area contributed by atoms with Crippen LogP contribution in [-0.4, -0.2) is 47.1 Å². The van der Waals surface area contributed by atoms with Gasteiger partial charge >= 0.3 is 0 Å². The molecule has 1 saturated heterocycles. The van der Waals surface area contributed by atoms with Crippen LogP contribution in [0.1, 0.15) is 28.8 Å². The van der Waals surface area contributed by atoms with Crippen LogP contribution in [0.15, 0.2) is 42.5 Å². The predicted molar refractivity (Wildman–Crippen MR) is 117 cm³/mol. The minimum Gasteiger partial charge on any atom is -0.494 e. The smallest absolute Gasteiger partial charge is 0.286 e. The number of thioether (sulfide) groups is 1. The molecule has 4 rings (SSSR count).